The summed E-state index contributed by atoms with van der Waals surface area (Å²) in [7, 11) is -3.43. The number of hydrogen-bond donors (Lipinski definition) is 1. The fourth-order valence-electron chi connectivity index (χ4n) is 1.80. The lowest BCUT2D eigenvalue weighted by Gasteiger charge is -2.03. The Morgan fingerprint density at radius 2 is 2.05 bits per heavy atom. The van der Waals surface area contributed by atoms with Crippen LogP contribution in [0.25, 0.3) is 0 Å². The predicted octanol–water partition coefficient (Wildman–Crippen LogP) is 3.00. The zero-order valence-corrected chi connectivity index (χ0v) is 12.8. The van der Waals surface area contributed by atoms with E-state index in [-0.39, 0.29) is 6.54 Å². The highest BCUT2D eigenvalue weighted by molar-refractivity contribution is 7.91. The molecule has 0 radical (unpaired) electrons. The van der Waals surface area contributed by atoms with Crippen LogP contribution in [0.3, 0.4) is 0 Å². The number of furan rings is 1. The Balaban J connectivity index is 2.11. The summed E-state index contributed by atoms with van der Waals surface area (Å²) in [5, 5.41) is 0. The molecule has 6 heteroatoms. The summed E-state index contributed by atoms with van der Waals surface area (Å²) in [6, 6.07) is 5.36. The van der Waals surface area contributed by atoms with Crippen LogP contribution in [0.15, 0.2) is 26.8 Å². The minimum Gasteiger partial charge on any atom is -0.466 e. The van der Waals surface area contributed by atoms with Gasteiger partial charge in [-0.3, -0.25) is 0 Å². The maximum absolute atomic E-state index is 12.1. The first-order chi connectivity index (χ1) is 8.92. The molecule has 2 aromatic rings. The minimum absolute atomic E-state index is 0.255. The van der Waals surface area contributed by atoms with Crippen molar-refractivity contribution >= 4 is 21.4 Å². The van der Waals surface area contributed by atoms with Crippen LogP contribution in [0.4, 0.5) is 0 Å². The molecule has 0 atom stereocenters. The second-order valence-corrected chi connectivity index (χ2v) is 7.50. The van der Waals surface area contributed by atoms with Crippen molar-refractivity contribution in [2.24, 2.45) is 0 Å². The van der Waals surface area contributed by atoms with Gasteiger partial charge in [0.25, 0.3) is 0 Å². The fourth-order valence-corrected chi connectivity index (χ4v) is 4.14. The molecule has 0 saturated heterocycles. The Hall–Kier alpha value is -1.11. The third-order valence-corrected chi connectivity index (χ3v) is 5.97. The molecule has 19 heavy (non-hydrogen) atoms. The van der Waals surface area contributed by atoms with E-state index < -0.39 is 10.0 Å². The van der Waals surface area contributed by atoms with Gasteiger partial charge in [0.05, 0.1) is 0 Å². The molecule has 2 heterocycles. The van der Waals surface area contributed by atoms with Gasteiger partial charge in [0.1, 0.15) is 15.7 Å². The highest BCUT2D eigenvalue weighted by Crippen LogP contribution is 2.22. The molecule has 0 fully saturated rings. The van der Waals surface area contributed by atoms with Gasteiger partial charge in [0.2, 0.25) is 10.0 Å². The number of sulfonamides is 1. The first kappa shape index (κ1) is 14.3. The first-order valence-electron chi connectivity index (χ1n) is 6.06. The Labute approximate surface area is 117 Å². The number of aryl methyl sites for hydroxylation is 3. The molecular weight excluding hydrogens is 282 g/mol. The van der Waals surface area contributed by atoms with Gasteiger partial charge in [0.15, 0.2) is 0 Å². The van der Waals surface area contributed by atoms with E-state index in [0.29, 0.717) is 4.21 Å². The van der Waals surface area contributed by atoms with Crippen molar-refractivity contribution in [3.05, 3.63) is 40.2 Å². The van der Waals surface area contributed by atoms with Crippen molar-refractivity contribution < 1.29 is 12.8 Å². The average molecular weight is 299 g/mol. The number of rotatable bonds is 5. The monoisotopic (exact) mass is 299 g/mol. The van der Waals surface area contributed by atoms with Crippen molar-refractivity contribution in [3.63, 3.8) is 0 Å². The Kier molecular flexibility index (Phi) is 4.13. The maximum Gasteiger partial charge on any atom is 0.250 e. The van der Waals surface area contributed by atoms with Crippen LogP contribution in [0, 0.1) is 13.8 Å². The molecule has 4 nitrogen and oxygen atoms in total. The van der Waals surface area contributed by atoms with Gasteiger partial charge >= 0.3 is 0 Å². The zero-order valence-electron chi connectivity index (χ0n) is 11.2. The van der Waals surface area contributed by atoms with Gasteiger partial charge in [-0.2, -0.15) is 0 Å². The third kappa shape index (κ3) is 3.26. The molecule has 0 bridgehead atoms. The van der Waals surface area contributed by atoms with Crippen molar-refractivity contribution in [1.29, 1.82) is 0 Å². The van der Waals surface area contributed by atoms with Crippen molar-refractivity contribution in [2.75, 3.05) is 0 Å². The third-order valence-electron chi connectivity index (χ3n) is 2.85. The normalized spacial score (nSPS) is 11.9. The molecule has 104 valence electrons. The van der Waals surface area contributed by atoms with E-state index >= 15 is 0 Å². The van der Waals surface area contributed by atoms with Gasteiger partial charge in [0, 0.05) is 17.0 Å². The Morgan fingerprint density at radius 1 is 1.32 bits per heavy atom. The van der Waals surface area contributed by atoms with Crippen LogP contribution in [-0.2, 0) is 23.0 Å². The molecular formula is C13H17NO3S2. The smallest absolute Gasteiger partial charge is 0.250 e. The quantitative estimate of drug-likeness (QED) is 0.923. The molecule has 0 saturated carbocycles. The summed E-state index contributed by atoms with van der Waals surface area (Å²) in [6.07, 6.45) is 0.847. The number of hydrogen-bond acceptors (Lipinski definition) is 4. The molecule has 0 unspecified atom stereocenters. The fraction of sp³-hybridized carbons (Fsp3) is 0.385. The summed E-state index contributed by atoms with van der Waals surface area (Å²) < 4.78 is 32.6. The van der Waals surface area contributed by atoms with Crippen LogP contribution in [-0.4, -0.2) is 8.42 Å². The van der Waals surface area contributed by atoms with Crippen molar-refractivity contribution in [2.45, 2.75) is 37.9 Å². The number of nitrogens with one attached hydrogen (secondary N) is 1. The van der Waals surface area contributed by atoms with Gasteiger partial charge in [-0.15, -0.1) is 11.3 Å². The summed E-state index contributed by atoms with van der Waals surface area (Å²) in [6.45, 7) is 5.94. The van der Waals surface area contributed by atoms with Crippen LogP contribution < -0.4 is 4.72 Å². The molecule has 2 rings (SSSR count). The minimum atomic E-state index is -3.43. The largest absolute Gasteiger partial charge is 0.466 e. The highest BCUT2D eigenvalue weighted by atomic mass is 32.2. The van der Waals surface area contributed by atoms with Gasteiger partial charge < -0.3 is 4.42 Å². The molecule has 0 spiro atoms. The van der Waals surface area contributed by atoms with Gasteiger partial charge in [-0.05, 0) is 38.5 Å². The molecule has 0 aliphatic rings. The molecule has 0 aliphatic carbocycles. The van der Waals surface area contributed by atoms with E-state index in [1.165, 1.54) is 11.3 Å². The molecule has 2 aromatic heterocycles. The average Bonchev–Trinajstić information content (AvgIpc) is 2.94. The Morgan fingerprint density at radius 3 is 2.58 bits per heavy atom. The van der Waals surface area contributed by atoms with E-state index in [1.807, 2.05) is 32.9 Å². The number of thiophene rings is 1. The SMILES string of the molecule is CCc1ccc(S(=O)(=O)NCc2cc(C)oc2C)s1. The molecule has 0 aromatic carbocycles. The second-order valence-electron chi connectivity index (χ2n) is 4.34. The van der Waals surface area contributed by atoms with Crippen molar-refractivity contribution in [3.8, 4) is 0 Å². The van der Waals surface area contributed by atoms with Crippen LogP contribution in [0.2, 0.25) is 0 Å². The molecule has 0 aliphatic heterocycles. The summed E-state index contributed by atoms with van der Waals surface area (Å²) >= 11 is 1.31. The van der Waals surface area contributed by atoms with E-state index in [2.05, 4.69) is 4.72 Å². The summed E-state index contributed by atoms with van der Waals surface area (Å²) in [4.78, 5) is 1.07. The lowest BCUT2D eigenvalue weighted by Crippen LogP contribution is -2.22. The van der Waals surface area contributed by atoms with Gasteiger partial charge in [-0.25, -0.2) is 13.1 Å². The summed E-state index contributed by atoms with van der Waals surface area (Å²) in [5.41, 5.74) is 0.869. The van der Waals surface area contributed by atoms with Crippen LogP contribution in [0.5, 0.6) is 0 Å². The lowest BCUT2D eigenvalue weighted by molar-refractivity contribution is 0.500. The maximum atomic E-state index is 12.1. The predicted molar refractivity (Wildman–Crippen MR) is 75.9 cm³/mol. The zero-order chi connectivity index (χ0) is 14.0. The highest BCUT2D eigenvalue weighted by Gasteiger charge is 2.17. The van der Waals surface area contributed by atoms with E-state index in [9.17, 15) is 8.42 Å². The molecule has 0 amide bonds. The Bertz CT molecular complexity index is 668. The van der Waals surface area contributed by atoms with E-state index in [4.69, 9.17) is 4.42 Å². The standard InChI is InChI=1S/C13H17NO3S2/c1-4-12-5-6-13(18-12)19(15,16)14-8-11-7-9(2)17-10(11)3/h5-7,14H,4,8H2,1-3H3. The van der Waals surface area contributed by atoms with Crippen molar-refractivity contribution in [1.82, 2.24) is 4.72 Å². The van der Waals surface area contributed by atoms with Gasteiger partial charge in [-0.1, -0.05) is 6.92 Å². The van der Waals surface area contributed by atoms with Crippen LogP contribution >= 0.6 is 11.3 Å². The van der Waals surface area contributed by atoms with E-state index in [0.717, 1.165) is 28.4 Å². The topological polar surface area (TPSA) is 59.3 Å². The van der Waals surface area contributed by atoms with E-state index in [1.54, 1.807) is 6.07 Å². The lowest BCUT2D eigenvalue weighted by atomic mass is 10.2. The van der Waals surface area contributed by atoms with Crippen LogP contribution in [0.1, 0.15) is 28.9 Å². The summed E-state index contributed by atoms with van der Waals surface area (Å²) in [5.74, 6) is 1.54. The second kappa shape index (κ2) is 5.48. The first-order valence-corrected chi connectivity index (χ1v) is 8.36. The molecule has 1 N–H and O–H groups in total.